The van der Waals surface area contributed by atoms with Crippen molar-refractivity contribution in [2.24, 2.45) is 5.73 Å². The molecule has 0 radical (unpaired) electrons. The van der Waals surface area contributed by atoms with Gasteiger partial charge >= 0.3 is 0 Å². The molecule has 1 heterocycles. The molecule has 84 valence electrons. The molecule has 1 aromatic carbocycles. The van der Waals surface area contributed by atoms with Gasteiger partial charge in [0.1, 0.15) is 0 Å². The number of carbonyl (C=O) groups excluding carboxylic acids is 3. The minimum Gasteiger partial charge on any atom is -0.370 e. The molecule has 5 nitrogen and oxygen atoms in total. The summed E-state index contributed by atoms with van der Waals surface area (Å²) in [6, 6.07) is 6.85. The van der Waals surface area contributed by atoms with Crippen LogP contribution in [0.5, 0.6) is 0 Å². The number of hydrogen-bond acceptors (Lipinski definition) is 3. The van der Waals surface area contributed by atoms with E-state index in [-0.39, 0.29) is 5.91 Å². The summed E-state index contributed by atoms with van der Waals surface area (Å²) in [5, 5.41) is 2.46. The van der Waals surface area contributed by atoms with Gasteiger partial charge in [-0.2, -0.15) is 0 Å². The molecule has 0 spiro atoms. The first kappa shape index (κ1) is 11.9. The molecule has 2 amide bonds. The van der Waals surface area contributed by atoms with E-state index in [0.29, 0.717) is 17.7 Å². The van der Waals surface area contributed by atoms with E-state index in [9.17, 15) is 14.4 Å². The Labute approximate surface area is 92.6 Å². The van der Waals surface area contributed by atoms with Gasteiger partial charge in [0.2, 0.25) is 5.91 Å². The fourth-order valence-corrected chi connectivity index (χ4v) is 1.09. The van der Waals surface area contributed by atoms with Crippen LogP contribution in [0.25, 0.3) is 0 Å². The number of anilines is 1. The van der Waals surface area contributed by atoms with Crippen LogP contribution in [0, 0.1) is 0 Å². The lowest BCUT2D eigenvalue weighted by molar-refractivity contribution is -0.117. The monoisotopic (exact) mass is 220 g/mol. The topological polar surface area (TPSA) is 89.3 Å². The Morgan fingerprint density at radius 3 is 2.38 bits per heavy atom. The first-order valence-electron chi connectivity index (χ1n) is 4.79. The van der Waals surface area contributed by atoms with Gasteiger partial charge in [0.25, 0.3) is 11.7 Å². The van der Waals surface area contributed by atoms with Crippen LogP contribution < -0.4 is 11.1 Å². The Hall–Kier alpha value is -2.17. The molecule has 1 aliphatic rings. The van der Waals surface area contributed by atoms with Crippen LogP contribution in [0.2, 0.25) is 0 Å². The third kappa shape index (κ3) is 2.66. The predicted octanol–water partition coefficient (Wildman–Crippen LogP) is 0.703. The standard InChI is InChI=1S/C8H5NO2.C3H7NO/c10-7-5-3-1-2-4-6(5)9-8(7)11;1-2-3(4)5/h1-4H,(H,9,10,11);2H2,1H3,(H2,4,5). The number of ketones is 1. The molecule has 0 bridgehead atoms. The Morgan fingerprint density at radius 1 is 1.31 bits per heavy atom. The molecule has 0 fully saturated rings. The SMILES string of the molecule is CCC(N)=O.O=C1Nc2ccccc2C1=O. The van der Waals surface area contributed by atoms with Crippen molar-refractivity contribution in [2.45, 2.75) is 13.3 Å². The zero-order chi connectivity index (χ0) is 12.1. The van der Waals surface area contributed by atoms with E-state index in [1.807, 2.05) is 0 Å². The van der Waals surface area contributed by atoms with E-state index in [0.717, 1.165) is 0 Å². The summed E-state index contributed by atoms with van der Waals surface area (Å²) in [5.41, 5.74) is 5.74. The smallest absolute Gasteiger partial charge is 0.296 e. The minimum atomic E-state index is -0.536. The van der Waals surface area contributed by atoms with Crippen molar-refractivity contribution < 1.29 is 14.4 Å². The molecule has 0 aliphatic carbocycles. The third-order valence-corrected chi connectivity index (χ3v) is 1.97. The maximum absolute atomic E-state index is 11.0. The summed E-state index contributed by atoms with van der Waals surface area (Å²) in [4.78, 5) is 31.3. The average molecular weight is 220 g/mol. The molecular formula is C11H12N2O3. The number of hydrogen-bond donors (Lipinski definition) is 2. The van der Waals surface area contributed by atoms with Crippen LogP contribution in [0.3, 0.4) is 0 Å². The van der Waals surface area contributed by atoms with Gasteiger partial charge in [0, 0.05) is 6.42 Å². The van der Waals surface area contributed by atoms with Gasteiger partial charge in [-0.3, -0.25) is 14.4 Å². The molecule has 1 aromatic rings. The van der Waals surface area contributed by atoms with Crippen LogP contribution >= 0.6 is 0 Å². The van der Waals surface area contributed by atoms with Crippen molar-refractivity contribution in [1.82, 2.24) is 0 Å². The molecule has 5 heteroatoms. The van der Waals surface area contributed by atoms with Crippen molar-refractivity contribution in [3.63, 3.8) is 0 Å². The molecule has 0 saturated carbocycles. The second kappa shape index (κ2) is 5.06. The number of rotatable bonds is 1. The van der Waals surface area contributed by atoms with Crippen LogP contribution in [0.15, 0.2) is 24.3 Å². The molecule has 0 saturated heterocycles. The van der Waals surface area contributed by atoms with Gasteiger partial charge < -0.3 is 11.1 Å². The van der Waals surface area contributed by atoms with Gasteiger partial charge in [0.15, 0.2) is 0 Å². The van der Waals surface area contributed by atoms with Crippen LogP contribution in [-0.2, 0) is 9.59 Å². The summed E-state index contributed by atoms with van der Waals surface area (Å²) >= 11 is 0. The number of amides is 2. The van der Waals surface area contributed by atoms with E-state index < -0.39 is 11.7 Å². The molecule has 1 aliphatic heterocycles. The Morgan fingerprint density at radius 2 is 1.88 bits per heavy atom. The van der Waals surface area contributed by atoms with E-state index in [1.54, 1.807) is 31.2 Å². The lowest BCUT2D eigenvalue weighted by atomic mass is 10.1. The van der Waals surface area contributed by atoms with Crippen molar-refractivity contribution in [3.8, 4) is 0 Å². The fraction of sp³-hybridized carbons (Fsp3) is 0.182. The second-order valence-corrected chi connectivity index (χ2v) is 3.15. The highest BCUT2D eigenvalue weighted by molar-refractivity contribution is 6.51. The van der Waals surface area contributed by atoms with Crippen molar-refractivity contribution in [3.05, 3.63) is 29.8 Å². The zero-order valence-electron chi connectivity index (χ0n) is 8.82. The van der Waals surface area contributed by atoms with Crippen LogP contribution in [-0.4, -0.2) is 17.6 Å². The zero-order valence-corrected chi connectivity index (χ0v) is 8.82. The minimum absolute atomic E-state index is 0.245. The van der Waals surface area contributed by atoms with Gasteiger partial charge in [-0.05, 0) is 12.1 Å². The molecule has 0 unspecified atom stereocenters. The largest absolute Gasteiger partial charge is 0.370 e. The molecule has 0 aromatic heterocycles. The maximum atomic E-state index is 11.0. The first-order valence-corrected chi connectivity index (χ1v) is 4.79. The highest BCUT2D eigenvalue weighted by atomic mass is 16.2. The van der Waals surface area contributed by atoms with Crippen molar-refractivity contribution >= 4 is 23.3 Å². The fourth-order valence-electron chi connectivity index (χ4n) is 1.09. The number of Topliss-reactive ketones (excluding diaryl/α,β-unsaturated/α-hetero) is 1. The molecule has 16 heavy (non-hydrogen) atoms. The van der Waals surface area contributed by atoms with E-state index >= 15 is 0 Å². The van der Waals surface area contributed by atoms with Gasteiger partial charge in [-0.15, -0.1) is 0 Å². The van der Waals surface area contributed by atoms with Crippen molar-refractivity contribution in [2.75, 3.05) is 5.32 Å². The molecule has 0 atom stereocenters. The lowest BCUT2D eigenvalue weighted by Gasteiger charge is -1.91. The number of nitrogens with two attached hydrogens (primary N) is 1. The molecule has 3 N–H and O–H groups in total. The number of carbonyl (C=O) groups is 3. The van der Waals surface area contributed by atoms with Crippen LogP contribution in [0.4, 0.5) is 5.69 Å². The van der Waals surface area contributed by atoms with E-state index in [4.69, 9.17) is 0 Å². The number of para-hydroxylation sites is 1. The van der Waals surface area contributed by atoms with Gasteiger partial charge in [-0.1, -0.05) is 19.1 Å². The summed E-state index contributed by atoms with van der Waals surface area (Å²) < 4.78 is 0. The van der Waals surface area contributed by atoms with E-state index in [1.165, 1.54) is 0 Å². The predicted molar refractivity (Wildman–Crippen MR) is 58.9 cm³/mol. The van der Waals surface area contributed by atoms with Crippen molar-refractivity contribution in [1.29, 1.82) is 0 Å². The summed E-state index contributed by atoms with van der Waals surface area (Å²) in [7, 11) is 0. The molecule has 2 rings (SSSR count). The third-order valence-electron chi connectivity index (χ3n) is 1.97. The normalized spacial score (nSPS) is 12.3. The lowest BCUT2D eigenvalue weighted by Crippen LogP contribution is -2.12. The van der Waals surface area contributed by atoms with Crippen LogP contribution in [0.1, 0.15) is 23.7 Å². The number of benzene rings is 1. The Bertz CT molecular complexity index is 441. The van der Waals surface area contributed by atoms with Gasteiger partial charge in [-0.25, -0.2) is 0 Å². The Kier molecular flexibility index (Phi) is 3.77. The molecular weight excluding hydrogens is 208 g/mol. The quantitative estimate of drug-likeness (QED) is 0.683. The second-order valence-electron chi connectivity index (χ2n) is 3.15. The number of nitrogens with one attached hydrogen (secondary N) is 1. The first-order chi connectivity index (χ1) is 7.56. The maximum Gasteiger partial charge on any atom is 0.296 e. The Balaban J connectivity index is 0.000000221. The summed E-state index contributed by atoms with van der Waals surface area (Å²) in [6.07, 6.45) is 0.444. The van der Waals surface area contributed by atoms with Gasteiger partial charge in [0.05, 0.1) is 11.3 Å². The summed E-state index contributed by atoms with van der Waals surface area (Å²) in [5.74, 6) is -1.23. The van der Waals surface area contributed by atoms with E-state index in [2.05, 4.69) is 11.1 Å². The summed E-state index contributed by atoms with van der Waals surface area (Å²) in [6.45, 7) is 1.72. The highest BCUT2D eigenvalue weighted by Gasteiger charge is 2.26. The average Bonchev–Trinajstić information content (AvgIpc) is 2.56. The number of primary amides is 1. The highest BCUT2D eigenvalue weighted by Crippen LogP contribution is 2.21. The number of fused-ring (bicyclic) bond motifs is 1.